The fourth-order valence-electron chi connectivity index (χ4n) is 7.41. The van der Waals surface area contributed by atoms with Crippen molar-refractivity contribution in [3.63, 3.8) is 0 Å². The highest BCUT2D eigenvalue weighted by molar-refractivity contribution is 6.10. The van der Waals surface area contributed by atoms with E-state index >= 15 is 0 Å². The Bertz CT molecular complexity index is 2320. The molecule has 4 aromatic carbocycles. The van der Waals surface area contributed by atoms with Crippen molar-refractivity contribution in [1.82, 2.24) is 19.1 Å². The van der Waals surface area contributed by atoms with Crippen LogP contribution in [0, 0.1) is 5.92 Å². The predicted octanol–water partition coefficient (Wildman–Crippen LogP) is 10.5. The van der Waals surface area contributed by atoms with E-state index in [0.29, 0.717) is 11.9 Å². The van der Waals surface area contributed by atoms with Gasteiger partial charge in [0.25, 0.3) is 0 Å². The van der Waals surface area contributed by atoms with Gasteiger partial charge in [0.1, 0.15) is 5.82 Å². The molecule has 3 heterocycles. The maximum atomic E-state index is 5.45. The summed E-state index contributed by atoms with van der Waals surface area (Å²) in [6.07, 6.45) is 15.2. The molecule has 0 aliphatic heterocycles. The second-order valence-corrected chi connectivity index (χ2v) is 12.7. The van der Waals surface area contributed by atoms with Gasteiger partial charge in [0.15, 0.2) is 0 Å². The molecule has 2 unspecified atom stereocenters. The molecule has 4 nitrogen and oxygen atoms in total. The Hall–Kier alpha value is -5.74. The van der Waals surface area contributed by atoms with Gasteiger partial charge < -0.3 is 0 Å². The molecule has 226 valence electrons. The molecule has 2 aliphatic carbocycles. The summed E-state index contributed by atoms with van der Waals surface area (Å²) in [5.74, 6) is 2.35. The van der Waals surface area contributed by atoms with Crippen molar-refractivity contribution in [3.8, 4) is 34.2 Å². The number of allylic oxidation sites excluding steroid dienone is 5. The molecule has 7 aromatic rings. The van der Waals surface area contributed by atoms with Crippen molar-refractivity contribution in [2.45, 2.75) is 25.7 Å². The van der Waals surface area contributed by atoms with Crippen LogP contribution in [0.5, 0.6) is 0 Å². The fraction of sp³-hybridized carbons (Fsp3) is 0.116. The Morgan fingerprint density at radius 1 is 0.660 bits per heavy atom. The van der Waals surface area contributed by atoms with Gasteiger partial charge in [0.05, 0.1) is 22.4 Å². The normalized spacial score (nSPS) is 17.0. The first kappa shape index (κ1) is 27.6. The fourth-order valence-corrected chi connectivity index (χ4v) is 7.41. The molecule has 0 bridgehead atoms. The van der Waals surface area contributed by atoms with E-state index in [1.807, 2.05) is 0 Å². The number of aromatic nitrogens is 4. The summed E-state index contributed by atoms with van der Waals surface area (Å²) in [6, 6.07) is 41.0. The van der Waals surface area contributed by atoms with Crippen molar-refractivity contribution in [2.75, 3.05) is 0 Å². The Balaban J connectivity index is 1.44. The molecule has 0 N–H and O–H groups in total. The van der Waals surface area contributed by atoms with E-state index in [1.165, 1.54) is 44.2 Å². The predicted molar refractivity (Wildman–Crippen MR) is 194 cm³/mol. The van der Waals surface area contributed by atoms with Gasteiger partial charge in [-0.05, 0) is 42.5 Å². The molecule has 47 heavy (non-hydrogen) atoms. The molecule has 0 amide bonds. The van der Waals surface area contributed by atoms with Crippen molar-refractivity contribution < 1.29 is 0 Å². The zero-order valence-corrected chi connectivity index (χ0v) is 26.3. The van der Waals surface area contributed by atoms with Crippen LogP contribution in [0.3, 0.4) is 0 Å². The van der Waals surface area contributed by atoms with Gasteiger partial charge in [-0.3, -0.25) is 9.13 Å². The molecule has 2 aliphatic rings. The average molecular weight is 607 g/mol. The third kappa shape index (κ3) is 4.59. The summed E-state index contributed by atoms with van der Waals surface area (Å²) in [5, 5.41) is 2.46. The van der Waals surface area contributed by atoms with Crippen molar-refractivity contribution in [3.05, 3.63) is 163 Å². The molecule has 2 atom stereocenters. The van der Waals surface area contributed by atoms with Gasteiger partial charge in [-0.1, -0.05) is 140 Å². The Morgan fingerprint density at radius 3 is 2.00 bits per heavy atom. The highest BCUT2D eigenvalue weighted by atomic mass is 15.2. The quantitative estimate of drug-likeness (QED) is 0.195. The summed E-state index contributed by atoms with van der Waals surface area (Å²) < 4.78 is 4.83. The van der Waals surface area contributed by atoms with E-state index in [4.69, 9.17) is 9.97 Å². The molecule has 0 spiro atoms. The number of benzene rings is 4. The minimum Gasteiger partial charge on any atom is -0.294 e. The summed E-state index contributed by atoms with van der Waals surface area (Å²) in [6.45, 7) is 2.30. The highest BCUT2D eigenvalue weighted by Crippen LogP contribution is 2.44. The minimum absolute atomic E-state index is 0.180. The van der Waals surface area contributed by atoms with Gasteiger partial charge in [-0.25, -0.2) is 9.97 Å². The zero-order valence-electron chi connectivity index (χ0n) is 26.3. The van der Waals surface area contributed by atoms with Crippen LogP contribution >= 0.6 is 0 Å². The van der Waals surface area contributed by atoms with E-state index in [9.17, 15) is 0 Å². The van der Waals surface area contributed by atoms with Gasteiger partial charge in [-0.2, -0.15) is 0 Å². The average Bonchev–Trinajstić information content (AvgIpc) is 3.64. The van der Waals surface area contributed by atoms with Gasteiger partial charge in [-0.15, -0.1) is 0 Å². The summed E-state index contributed by atoms with van der Waals surface area (Å²) in [4.78, 5) is 10.9. The monoisotopic (exact) mass is 606 g/mol. The van der Waals surface area contributed by atoms with Crippen LogP contribution in [0.15, 0.2) is 146 Å². The summed E-state index contributed by atoms with van der Waals surface area (Å²) in [5.41, 5.74) is 10.2. The molecular weight excluding hydrogens is 573 g/mol. The van der Waals surface area contributed by atoms with Crippen LogP contribution in [0.1, 0.15) is 36.2 Å². The zero-order chi connectivity index (χ0) is 31.3. The molecule has 4 heteroatoms. The Kier molecular flexibility index (Phi) is 6.60. The molecular formula is C43H34N4. The van der Waals surface area contributed by atoms with Crippen LogP contribution in [0.2, 0.25) is 0 Å². The van der Waals surface area contributed by atoms with E-state index in [2.05, 4.69) is 168 Å². The van der Waals surface area contributed by atoms with Gasteiger partial charge >= 0.3 is 0 Å². The van der Waals surface area contributed by atoms with E-state index in [0.717, 1.165) is 35.6 Å². The van der Waals surface area contributed by atoms with Gasteiger partial charge in [0, 0.05) is 39.1 Å². The third-order valence-electron chi connectivity index (χ3n) is 9.61. The van der Waals surface area contributed by atoms with Crippen LogP contribution < -0.4 is 0 Å². The Morgan fingerprint density at radius 2 is 1.32 bits per heavy atom. The number of rotatable bonds is 5. The lowest BCUT2D eigenvalue weighted by Crippen LogP contribution is -2.15. The summed E-state index contributed by atoms with van der Waals surface area (Å²) in [7, 11) is 0. The third-order valence-corrected chi connectivity index (χ3v) is 9.61. The molecule has 0 saturated heterocycles. The molecule has 0 saturated carbocycles. The number of nitrogens with zero attached hydrogens (tertiary/aromatic N) is 4. The van der Waals surface area contributed by atoms with E-state index in [1.54, 1.807) is 0 Å². The molecule has 0 fully saturated rings. The van der Waals surface area contributed by atoms with Crippen LogP contribution in [0.4, 0.5) is 0 Å². The number of hydrogen-bond donors (Lipinski definition) is 0. The summed E-state index contributed by atoms with van der Waals surface area (Å²) >= 11 is 0. The standard InChI is InChI=1S/C43H34N4/c1-29-25-26-35-40(27-29)47(43-44-36(30-15-5-2-6-16-30)28-37(45-43)31-17-7-3-8-18-31)42(41(35)32-19-9-4-10-20-32)46-38-23-13-11-21-33(38)34-22-12-14-24-39(34)46/h2-17,19-26,28-29,31H,18,27H2,1H3. The Labute approximate surface area is 274 Å². The second-order valence-electron chi connectivity index (χ2n) is 12.7. The number of hydrogen-bond acceptors (Lipinski definition) is 2. The lowest BCUT2D eigenvalue weighted by Gasteiger charge is -2.20. The first-order valence-corrected chi connectivity index (χ1v) is 16.5. The molecule has 3 aromatic heterocycles. The largest absolute Gasteiger partial charge is 0.294 e. The van der Waals surface area contributed by atoms with Crippen LogP contribution in [-0.2, 0) is 6.42 Å². The van der Waals surface area contributed by atoms with Crippen molar-refractivity contribution in [2.24, 2.45) is 5.92 Å². The van der Waals surface area contributed by atoms with E-state index in [-0.39, 0.29) is 5.92 Å². The number of fused-ring (bicyclic) bond motifs is 4. The van der Waals surface area contributed by atoms with Gasteiger partial charge in [0.2, 0.25) is 5.95 Å². The van der Waals surface area contributed by atoms with Crippen molar-refractivity contribution >= 4 is 27.9 Å². The second kappa shape index (κ2) is 11.3. The maximum absolute atomic E-state index is 5.45. The molecule has 0 radical (unpaired) electrons. The first-order chi connectivity index (χ1) is 23.2. The maximum Gasteiger partial charge on any atom is 0.236 e. The van der Waals surface area contributed by atoms with E-state index < -0.39 is 0 Å². The lowest BCUT2D eigenvalue weighted by molar-refractivity contribution is 0.674. The topological polar surface area (TPSA) is 35.6 Å². The SMILES string of the molecule is CC1C=Cc2c(-c3ccccc3)c(-n3c4ccccc4c4ccccc43)n(-c3nc(-c4ccccc4)cc(C4C=CC=CC4)n3)c2C1. The van der Waals surface area contributed by atoms with Crippen LogP contribution in [-0.4, -0.2) is 19.1 Å². The highest BCUT2D eigenvalue weighted by Gasteiger charge is 2.31. The van der Waals surface area contributed by atoms with Crippen molar-refractivity contribution in [1.29, 1.82) is 0 Å². The lowest BCUT2D eigenvalue weighted by atomic mass is 9.92. The van der Waals surface area contributed by atoms with Crippen LogP contribution in [0.25, 0.3) is 62.0 Å². The smallest absolute Gasteiger partial charge is 0.236 e. The number of para-hydroxylation sites is 2. The minimum atomic E-state index is 0.180. The molecule has 9 rings (SSSR count). The first-order valence-electron chi connectivity index (χ1n) is 16.5.